The highest BCUT2D eigenvalue weighted by Crippen LogP contribution is 2.17. The molecule has 6 nitrogen and oxygen atoms in total. The van der Waals surface area contributed by atoms with Crippen molar-refractivity contribution in [1.29, 1.82) is 0 Å². The predicted octanol–water partition coefficient (Wildman–Crippen LogP) is 2.94. The predicted molar refractivity (Wildman–Crippen MR) is 92.6 cm³/mol. The molecule has 2 aromatic heterocycles. The third-order valence-electron chi connectivity index (χ3n) is 4.30. The van der Waals surface area contributed by atoms with Crippen LogP contribution in [0.2, 0.25) is 0 Å². The van der Waals surface area contributed by atoms with Crippen molar-refractivity contribution in [2.75, 3.05) is 5.32 Å². The largest absolute Gasteiger partial charge is 0.350 e. The lowest BCUT2D eigenvalue weighted by atomic mass is 10.1. The van der Waals surface area contributed by atoms with Crippen LogP contribution in [0.4, 0.5) is 5.95 Å². The van der Waals surface area contributed by atoms with Gasteiger partial charge in [-0.25, -0.2) is 9.97 Å². The van der Waals surface area contributed by atoms with E-state index in [0.29, 0.717) is 18.1 Å². The van der Waals surface area contributed by atoms with Crippen molar-refractivity contribution in [3.05, 3.63) is 48.0 Å². The van der Waals surface area contributed by atoms with Crippen LogP contribution in [0.25, 0.3) is 0 Å². The number of aromatic nitrogens is 3. The van der Waals surface area contributed by atoms with E-state index in [2.05, 4.69) is 25.6 Å². The molecule has 1 aliphatic carbocycles. The zero-order chi connectivity index (χ0) is 16.6. The van der Waals surface area contributed by atoms with Crippen molar-refractivity contribution < 1.29 is 4.79 Å². The molecule has 0 radical (unpaired) electrons. The smallest absolute Gasteiger partial charge is 0.254 e. The SMILES string of the molecule is O=C(NC1CCCCCC1)c1cnc(NCc2ccncc2)nc1. The van der Waals surface area contributed by atoms with Crippen molar-refractivity contribution in [1.82, 2.24) is 20.3 Å². The fourth-order valence-electron chi connectivity index (χ4n) is 2.91. The zero-order valence-electron chi connectivity index (χ0n) is 13.7. The van der Waals surface area contributed by atoms with Gasteiger partial charge in [0.15, 0.2) is 0 Å². The van der Waals surface area contributed by atoms with E-state index < -0.39 is 0 Å². The second-order valence-corrected chi connectivity index (χ2v) is 6.17. The summed E-state index contributed by atoms with van der Waals surface area (Å²) >= 11 is 0. The van der Waals surface area contributed by atoms with E-state index in [1.165, 1.54) is 25.7 Å². The van der Waals surface area contributed by atoms with Crippen molar-refractivity contribution in [3.8, 4) is 0 Å². The Labute approximate surface area is 142 Å². The van der Waals surface area contributed by atoms with E-state index in [0.717, 1.165) is 18.4 Å². The molecule has 2 heterocycles. The Kier molecular flexibility index (Phi) is 5.71. The Morgan fingerprint density at radius 1 is 1.04 bits per heavy atom. The molecule has 6 heteroatoms. The number of amides is 1. The van der Waals surface area contributed by atoms with Gasteiger partial charge in [0, 0.05) is 37.4 Å². The van der Waals surface area contributed by atoms with Gasteiger partial charge >= 0.3 is 0 Å². The summed E-state index contributed by atoms with van der Waals surface area (Å²) in [6.45, 7) is 0.621. The Bertz CT molecular complexity index is 636. The van der Waals surface area contributed by atoms with Gasteiger partial charge in [-0.05, 0) is 30.5 Å². The van der Waals surface area contributed by atoms with Crippen LogP contribution in [0.15, 0.2) is 36.9 Å². The average molecular weight is 325 g/mol. The van der Waals surface area contributed by atoms with Crippen LogP contribution in [0.5, 0.6) is 0 Å². The Morgan fingerprint density at radius 2 is 1.71 bits per heavy atom. The van der Waals surface area contributed by atoms with E-state index >= 15 is 0 Å². The van der Waals surface area contributed by atoms with Crippen LogP contribution < -0.4 is 10.6 Å². The van der Waals surface area contributed by atoms with E-state index in [-0.39, 0.29) is 11.9 Å². The number of nitrogens with one attached hydrogen (secondary N) is 2. The monoisotopic (exact) mass is 325 g/mol. The number of nitrogens with zero attached hydrogens (tertiary/aromatic N) is 3. The number of rotatable bonds is 5. The molecule has 2 N–H and O–H groups in total. The van der Waals surface area contributed by atoms with E-state index in [1.807, 2.05) is 12.1 Å². The summed E-state index contributed by atoms with van der Waals surface area (Å²) in [4.78, 5) is 24.7. The first-order valence-corrected chi connectivity index (χ1v) is 8.57. The molecule has 3 rings (SSSR count). The molecule has 0 aliphatic heterocycles. The highest BCUT2D eigenvalue weighted by atomic mass is 16.1. The van der Waals surface area contributed by atoms with Gasteiger partial charge in [0.25, 0.3) is 5.91 Å². The first kappa shape index (κ1) is 16.4. The number of anilines is 1. The number of carbonyl (C=O) groups is 1. The van der Waals surface area contributed by atoms with E-state index in [4.69, 9.17) is 0 Å². The topological polar surface area (TPSA) is 79.8 Å². The Hall–Kier alpha value is -2.50. The fraction of sp³-hybridized carbons (Fsp3) is 0.444. The van der Waals surface area contributed by atoms with Crippen LogP contribution in [-0.4, -0.2) is 26.9 Å². The highest BCUT2D eigenvalue weighted by molar-refractivity contribution is 5.93. The maximum Gasteiger partial charge on any atom is 0.254 e. The summed E-state index contributed by atoms with van der Waals surface area (Å²) in [5.74, 6) is 0.431. The van der Waals surface area contributed by atoms with Crippen LogP contribution in [0.1, 0.15) is 54.4 Å². The molecule has 0 unspecified atom stereocenters. The first-order chi connectivity index (χ1) is 11.8. The lowest BCUT2D eigenvalue weighted by molar-refractivity contribution is 0.0932. The van der Waals surface area contributed by atoms with Gasteiger partial charge in [-0.2, -0.15) is 0 Å². The maximum absolute atomic E-state index is 12.3. The van der Waals surface area contributed by atoms with E-state index in [1.54, 1.807) is 24.8 Å². The van der Waals surface area contributed by atoms with Gasteiger partial charge in [0.2, 0.25) is 5.95 Å². The summed E-state index contributed by atoms with van der Waals surface area (Å²) < 4.78 is 0. The summed E-state index contributed by atoms with van der Waals surface area (Å²) in [6.07, 6.45) is 13.7. The summed E-state index contributed by atoms with van der Waals surface area (Å²) in [5, 5.41) is 6.24. The molecule has 1 aliphatic rings. The lowest BCUT2D eigenvalue weighted by Crippen LogP contribution is -2.34. The van der Waals surface area contributed by atoms with Gasteiger partial charge in [-0.1, -0.05) is 25.7 Å². The van der Waals surface area contributed by atoms with Gasteiger partial charge in [-0.15, -0.1) is 0 Å². The standard InChI is InChI=1S/C18H23N5O/c24-17(23-16-5-3-1-2-4-6-16)15-12-21-18(22-13-15)20-11-14-7-9-19-10-8-14/h7-10,12-13,16H,1-6,11H2,(H,23,24)(H,20,21,22). The molecule has 0 aromatic carbocycles. The molecule has 1 amide bonds. The number of hydrogen-bond acceptors (Lipinski definition) is 5. The minimum atomic E-state index is -0.0809. The van der Waals surface area contributed by atoms with Crippen LogP contribution in [-0.2, 0) is 6.54 Å². The molecule has 24 heavy (non-hydrogen) atoms. The van der Waals surface area contributed by atoms with E-state index in [9.17, 15) is 4.79 Å². The minimum absolute atomic E-state index is 0.0809. The molecular weight excluding hydrogens is 302 g/mol. The molecule has 2 aromatic rings. The van der Waals surface area contributed by atoms with Gasteiger partial charge in [0.1, 0.15) is 0 Å². The molecule has 0 saturated heterocycles. The molecule has 0 bridgehead atoms. The number of hydrogen-bond donors (Lipinski definition) is 2. The van der Waals surface area contributed by atoms with Crippen LogP contribution in [0, 0.1) is 0 Å². The van der Waals surface area contributed by atoms with Gasteiger partial charge in [-0.3, -0.25) is 9.78 Å². The van der Waals surface area contributed by atoms with Crippen molar-refractivity contribution in [2.24, 2.45) is 0 Å². The summed E-state index contributed by atoms with van der Waals surface area (Å²) in [5.41, 5.74) is 1.61. The van der Waals surface area contributed by atoms with Crippen molar-refractivity contribution in [3.63, 3.8) is 0 Å². The highest BCUT2D eigenvalue weighted by Gasteiger charge is 2.16. The van der Waals surface area contributed by atoms with Crippen LogP contribution >= 0.6 is 0 Å². The molecule has 1 fully saturated rings. The molecule has 0 atom stereocenters. The molecule has 0 spiro atoms. The van der Waals surface area contributed by atoms with Crippen molar-refractivity contribution in [2.45, 2.75) is 51.1 Å². The second-order valence-electron chi connectivity index (χ2n) is 6.17. The van der Waals surface area contributed by atoms with Crippen LogP contribution in [0.3, 0.4) is 0 Å². The number of pyridine rings is 1. The minimum Gasteiger partial charge on any atom is -0.350 e. The first-order valence-electron chi connectivity index (χ1n) is 8.57. The summed E-state index contributed by atoms with van der Waals surface area (Å²) in [6, 6.07) is 4.15. The Balaban J connectivity index is 1.52. The quantitative estimate of drug-likeness (QED) is 0.826. The van der Waals surface area contributed by atoms with Gasteiger partial charge < -0.3 is 10.6 Å². The fourth-order valence-corrected chi connectivity index (χ4v) is 2.91. The third kappa shape index (κ3) is 4.75. The molecular formula is C18H23N5O. The van der Waals surface area contributed by atoms with Crippen molar-refractivity contribution >= 4 is 11.9 Å². The molecule has 126 valence electrons. The normalized spacial score (nSPS) is 15.5. The summed E-state index contributed by atoms with van der Waals surface area (Å²) in [7, 11) is 0. The second kappa shape index (κ2) is 8.38. The third-order valence-corrected chi connectivity index (χ3v) is 4.30. The lowest BCUT2D eigenvalue weighted by Gasteiger charge is -2.16. The zero-order valence-corrected chi connectivity index (χ0v) is 13.7. The average Bonchev–Trinajstić information content (AvgIpc) is 2.90. The number of carbonyl (C=O) groups excluding carboxylic acids is 1. The van der Waals surface area contributed by atoms with Gasteiger partial charge in [0.05, 0.1) is 5.56 Å². The Morgan fingerprint density at radius 3 is 2.38 bits per heavy atom. The molecule has 1 saturated carbocycles. The maximum atomic E-state index is 12.3.